The monoisotopic (exact) mass is 391 g/mol. The molecule has 3 rings (SSSR count). The summed E-state index contributed by atoms with van der Waals surface area (Å²) in [5, 5.41) is 2.66. The molecule has 6 nitrogen and oxygen atoms in total. The summed E-state index contributed by atoms with van der Waals surface area (Å²) in [4.78, 5) is 24.1. The minimum absolute atomic E-state index is 0.333. The molecule has 148 valence electrons. The molecule has 0 aliphatic carbocycles. The van der Waals surface area contributed by atoms with Crippen LogP contribution in [0.4, 0.5) is 5.69 Å². The number of nitrogens with one attached hydrogen (secondary N) is 1. The van der Waals surface area contributed by atoms with Crippen LogP contribution >= 0.6 is 0 Å². The zero-order valence-electron chi connectivity index (χ0n) is 16.0. The van der Waals surface area contributed by atoms with Crippen LogP contribution in [0.25, 0.3) is 0 Å². The summed E-state index contributed by atoms with van der Waals surface area (Å²) in [6.07, 6.45) is 0. The maximum atomic E-state index is 12.1. The largest absolute Gasteiger partial charge is 0.494 e. The molecule has 0 spiro atoms. The highest BCUT2D eigenvalue weighted by Crippen LogP contribution is 2.21. The molecule has 0 unspecified atom stereocenters. The van der Waals surface area contributed by atoms with E-state index in [-0.39, 0.29) is 6.61 Å². The average Bonchev–Trinajstić information content (AvgIpc) is 2.75. The number of hydrogen-bond acceptors (Lipinski definition) is 5. The molecule has 0 aliphatic rings. The molecule has 29 heavy (non-hydrogen) atoms. The van der Waals surface area contributed by atoms with E-state index in [2.05, 4.69) is 5.32 Å². The number of esters is 1. The van der Waals surface area contributed by atoms with E-state index in [0.29, 0.717) is 29.4 Å². The summed E-state index contributed by atoms with van der Waals surface area (Å²) >= 11 is 0. The average molecular weight is 391 g/mol. The quantitative estimate of drug-likeness (QED) is 0.565. The van der Waals surface area contributed by atoms with Gasteiger partial charge in [-0.25, -0.2) is 4.79 Å². The van der Waals surface area contributed by atoms with E-state index < -0.39 is 11.9 Å². The summed E-state index contributed by atoms with van der Waals surface area (Å²) in [5.74, 6) is 1.01. The molecule has 3 aromatic rings. The van der Waals surface area contributed by atoms with Gasteiger partial charge in [0.2, 0.25) is 0 Å². The van der Waals surface area contributed by atoms with Crippen LogP contribution in [-0.4, -0.2) is 25.1 Å². The number of carbonyl (C=O) groups excluding carboxylic acids is 2. The molecular weight excluding hydrogens is 370 g/mol. The number of ether oxygens (including phenoxy) is 3. The first-order valence-corrected chi connectivity index (χ1v) is 9.17. The lowest BCUT2D eigenvalue weighted by Crippen LogP contribution is -2.20. The fourth-order valence-corrected chi connectivity index (χ4v) is 2.50. The number of anilines is 1. The Balaban J connectivity index is 1.47. The standard InChI is InChI=1S/C23H21NO5/c1-2-27-19-14-10-18(11-15-19)24-22(25)16-28-23(26)17-8-12-21(13-9-17)29-20-6-4-3-5-7-20/h3-15H,2,16H2,1H3,(H,24,25). The minimum Gasteiger partial charge on any atom is -0.494 e. The first-order chi connectivity index (χ1) is 14.1. The van der Waals surface area contributed by atoms with Crippen molar-refractivity contribution < 1.29 is 23.8 Å². The zero-order valence-corrected chi connectivity index (χ0v) is 16.0. The van der Waals surface area contributed by atoms with E-state index in [1.165, 1.54) is 0 Å². The number of amides is 1. The number of para-hydroxylation sites is 1. The highest BCUT2D eigenvalue weighted by Gasteiger charge is 2.11. The Bertz CT molecular complexity index is 937. The van der Waals surface area contributed by atoms with Gasteiger partial charge in [0.25, 0.3) is 5.91 Å². The van der Waals surface area contributed by atoms with Gasteiger partial charge in [-0.2, -0.15) is 0 Å². The Kier molecular flexibility index (Phi) is 6.84. The molecule has 6 heteroatoms. The third-order valence-electron chi connectivity index (χ3n) is 3.85. The summed E-state index contributed by atoms with van der Waals surface area (Å²) in [6.45, 7) is 2.09. The van der Waals surface area contributed by atoms with Crippen molar-refractivity contribution in [1.29, 1.82) is 0 Å². The van der Waals surface area contributed by atoms with Crippen molar-refractivity contribution in [2.75, 3.05) is 18.5 Å². The summed E-state index contributed by atoms with van der Waals surface area (Å²) in [6, 6.07) is 22.8. The van der Waals surface area contributed by atoms with Gasteiger partial charge in [-0.3, -0.25) is 4.79 Å². The predicted octanol–water partition coefficient (Wildman–Crippen LogP) is 4.67. The normalized spacial score (nSPS) is 10.1. The van der Waals surface area contributed by atoms with E-state index in [9.17, 15) is 9.59 Å². The summed E-state index contributed by atoms with van der Waals surface area (Å²) in [5.41, 5.74) is 0.927. The van der Waals surface area contributed by atoms with Crippen LogP contribution < -0.4 is 14.8 Å². The second-order valence-electron chi connectivity index (χ2n) is 6.02. The van der Waals surface area contributed by atoms with Crippen molar-refractivity contribution in [3.8, 4) is 17.2 Å². The first-order valence-electron chi connectivity index (χ1n) is 9.17. The number of benzene rings is 3. The van der Waals surface area contributed by atoms with Crippen molar-refractivity contribution in [2.24, 2.45) is 0 Å². The fraction of sp³-hybridized carbons (Fsp3) is 0.130. The molecule has 0 aliphatic heterocycles. The van der Waals surface area contributed by atoms with Crippen LogP contribution in [-0.2, 0) is 9.53 Å². The maximum absolute atomic E-state index is 12.1. The van der Waals surface area contributed by atoms with Crippen molar-refractivity contribution in [1.82, 2.24) is 0 Å². The van der Waals surface area contributed by atoms with Gasteiger partial charge < -0.3 is 19.5 Å². The third kappa shape index (κ3) is 6.10. The molecule has 0 aromatic heterocycles. The Morgan fingerprint density at radius 3 is 2.07 bits per heavy atom. The highest BCUT2D eigenvalue weighted by atomic mass is 16.5. The van der Waals surface area contributed by atoms with Crippen LogP contribution in [0.15, 0.2) is 78.9 Å². The molecule has 1 N–H and O–H groups in total. The van der Waals surface area contributed by atoms with Gasteiger partial charge in [0.1, 0.15) is 17.2 Å². The van der Waals surface area contributed by atoms with Gasteiger partial charge in [0.05, 0.1) is 12.2 Å². The van der Waals surface area contributed by atoms with Crippen LogP contribution in [0.1, 0.15) is 17.3 Å². The lowest BCUT2D eigenvalue weighted by Gasteiger charge is -2.09. The highest BCUT2D eigenvalue weighted by molar-refractivity contribution is 5.95. The molecule has 0 saturated heterocycles. The summed E-state index contributed by atoms with van der Waals surface area (Å²) in [7, 11) is 0. The van der Waals surface area contributed by atoms with Crippen LogP contribution in [0, 0.1) is 0 Å². The topological polar surface area (TPSA) is 73.9 Å². The Hall–Kier alpha value is -3.80. The lowest BCUT2D eigenvalue weighted by molar-refractivity contribution is -0.119. The smallest absolute Gasteiger partial charge is 0.338 e. The first kappa shape index (κ1) is 19.9. The van der Waals surface area contributed by atoms with Gasteiger partial charge >= 0.3 is 5.97 Å². The van der Waals surface area contributed by atoms with Gasteiger partial charge in [0, 0.05) is 5.69 Å². The van der Waals surface area contributed by atoms with E-state index in [1.807, 2.05) is 37.3 Å². The van der Waals surface area contributed by atoms with Crippen LogP contribution in [0.3, 0.4) is 0 Å². The second kappa shape index (κ2) is 9.94. The zero-order chi connectivity index (χ0) is 20.5. The molecule has 0 bridgehead atoms. The molecule has 0 saturated carbocycles. The van der Waals surface area contributed by atoms with Gasteiger partial charge in [-0.15, -0.1) is 0 Å². The lowest BCUT2D eigenvalue weighted by atomic mass is 10.2. The SMILES string of the molecule is CCOc1ccc(NC(=O)COC(=O)c2ccc(Oc3ccccc3)cc2)cc1. The summed E-state index contributed by atoms with van der Waals surface area (Å²) < 4.78 is 16.1. The van der Waals surface area contributed by atoms with Crippen molar-refractivity contribution in [3.63, 3.8) is 0 Å². The number of carbonyl (C=O) groups is 2. The second-order valence-corrected chi connectivity index (χ2v) is 6.02. The Morgan fingerprint density at radius 1 is 0.793 bits per heavy atom. The van der Waals surface area contributed by atoms with Crippen LogP contribution in [0.5, 0.6) is 17.2 Å². The van der Waals surface area contributed by atoms with Gasteiger partial charge in [-0.1, -0.05) is 18.2 Å². The molecule has 0 atom stereocenters. The molecule has 0 radical (unpaired) electrons. The van der Waals surface area contributed by atoms with Crippen LogP contribution in [0.2, 0.25) is 0 Å². The molecule has 0 heterocycles. The molecule has 3 aromatic carbocycles. The minimum atomic E-state index is -0.585. The van der Waals surface area contributed by atoms with E-state index >= 15 is 0 Å². The van der Waals surface area contributed by atoms with Crippen molar-refractivity contribution in [3.05, 3.63) is 84.4 Å². The Labute approximate surface area is 169 Å². The fourth-order valence-electron chi connectivity index (χ4n) is 2.50. The predicted molar refractivity (Wildman–Crippen MR) is 109 cm³/mol. The van der Waals surface area contributed by atoms with Crippen molar-refractivity contribution in [2.45, 2.75) is 6.92 Å². The Morgan fingerprint density at radius 2 is 1.41 bits per heavy atom. The third-order valence-corrected chi connectivity index (χ3v) is 3.85. The van der Waals surface area contributed by atoms with E-state index in [1.54, 1.807) is 48.5 Å². The number of rotatable bonds is 8. The maximum Gasteiger partial charge on any atom is 0.338 e. The molecular formula is C23H21NO5. The molecule has 1 amide bonds. The van der Waals surface area contributed by atoms with E-state index in [0.717, 1.165) is 5.75 Å². The van der Waals surface area contributed by atoms with E-state index in [4.69, 9.17) is 14.2 Å². The van der Waals surface area contributed by atoms with Crippen molar-refractivity contribution >= 4 is 17.6 Å². The number of hydrogen-bond donors (Lipinski definition) is 1. The molecule has 0 fully saturated rings. The van der Waals surface area contributed by atoms with Gasteiger partial charge in [-0.05, 0) is 67.6 Å². The van der Waals surface area contributed by atoms with Gasteiger partial charge in [0.15, 0.2) is 6.61 Å².